The van der Waals surface area contributed by atoms with Crippen LogP contribution in [0.5, 0.6) is 11.5 Å². The van der Waals surface area contributed by atoms with Crippen LogP contribution in [-0.4, -0.2) is 31.4 Å². The van der Waals surface area contributed by atoms with Gasteiger partial charge in [-0.05, 0) is 29.8 Å². The van der Waals surface area contributed by atoms with Crippen molar-refractivity contribution in [1.29, 1.82) is 0 Å². The second kappa shape index (κ2) is 6.37. The second-order valence-corrected chi connectivity index (χ2v) is 5.43. The summed E-state index contributed by atoms with van der Waals surface area (Å²) >= 11 is 0. The summed E-state index contributed by atoms with van der Waals surface area (Å²) in [5, 5.41) is 11.1. The van der Waals surface area contributed by atoms with Crippen LogP contribution in [0, 0.1) is 0 Å². The molecule has 0 amide bonds. The molecule has 0 spiro atoms. The molecule has 0 aromatic heterocycles. The van der Waals surface area contributed by atoms with Crippen LogP contribution >= 0.6 is 0 Å². The lowest BCUT2D eigenvalue weighted by Crippen LogP contribution is -2.49. The summed E-state index contributed by atoms with van der Waals surface area (Å²) in [4.78, 5) is 12.3. The van der Waals surface area contributed by atoms with E-state index in [9.17, 15) is 9.90 Å². The van der Waals surface area contributed by atoms with Crippen LogP contribution in [0.2, 0.25) is 0 Å². The number of hydrogen-bond donors (Lipinski definition) is 1. The lowest BCUT2D eigenvalue weighted by Gasteiger charge is -2.34. The van der Waals surface area contributed by atoms with Gasteiger partial charge in [-0.25, -0.2) is 4.79 Å². The molecule has 1 aliphatic heterocycles. The molecule has 0 aliphatic carbocycles. The SMILES string of the molecule is COC(=O)C(O)(c1ccccc1)C1C=Cc2cc(OC)ccc2O1. The molecule has 24 heavy (non-hydrogen) atoms. The number of ether oxygens (including phenoxy) is 3. The molecule has 1 N–H and O–H groups in total. The van der Waals surface area contributed by atoms with Crippen LogP contribution in [0.25, 0.3) is 6.08 Å². The number of hydrogen-bond acceptors (Lipinski definition) is 5. The highest BCUT2D eigenvalue weighted by atomic mass is 16.6. The number of benzene rings is 2. The first kappa shape index (κ1) is 16.1. The van der Waals surface area contributed by atoms with E-state index >= 15 is 0 Å². The van der Waals surface area contributed by atoms with Gasteiger partial charge in [0.15, 0.2) is 6.10 Å². The Kier molecular flexibility index (Phi) is 4.27. The molecule has 5 heteroatoms. The van der Waals surface area contributed by atoms with Gasteiger partial charge in [0.1, 0.15) is 11.5 Å². The highest BCUT2D eigenvalue weighted by Crippen LogP contribution is 2.36. The molecule has 2 atom stereocenters. The van der Waals surface area contributed by atoms with Gasteiger partial charge in [-0.15, -0.1) is 0 Å². The first-order chi connectivity index (χ1) is 11.6. The van der Waals surface area contributed by atoms with E-state index in [1.807, 2.05) is 6.07 Å². The van der Waals surface area contributed by atoms with Crippen LogP contribution in [0.3, 0.4) is 0 Å². The Labute approximate surface area is 140 Å². The van der Waals surface area contributed by atoms with Gasteiger partial charge < -0.3 is 19.3 Å². The molecular weight excluding hydrogens is 308 g/mol. The number of esters is 1. The number of rotatable bonds is 4. The average Bonchev–Trinajstić information content (AvgIpc) is 2.66. The third-order valence-electron chi connectivity index (χ3n) is 4.04. The Morgan fingerprint density at radius 2 is 1.92 bits per heavy atom. The Bertz CT molecular complexity index is 769. The number of carbonyl (C=O) groups is 1. The predicted molar refractivity (Wildman–Crippen MR) is 88.8 cm³/mol. The summed E-state index contributed by atoms with van der Waals surface area (Å²) in [5.74, 6) is 0.480. The third-order valence-corrected chi connectivity index (χ3v) is 4.04. The monoisotopic (exact) mass is 326 g/mol. The standard InChI is InChI=1S/C19H18O5/c1-22-15-9-10-16-13(12-15)8-11-17(24-16)19(21,18(20)23-2)14-6-4-3-5-7-14/h3-12,17,21H,1-2H3. The minimum Gasteiger partial charge on any atom is -0.497 e. The highest BCUT2D eigenvalue weighted by Gasteiger charge is 2.48. The van der Waals surface area contributed by atoms with Crippen molar-refractivity contribution in [3.8, 4) is 11.5 Å². The molecule has 2 aromatic carbocycles. The van der Waals surface area contributed by atoms with Crippen molar-refractivity contribution in [1.82, 2.24) is 0 Å². The van der Waals surface area contributed by atoms with Gasteiger partial charge in [0.2, 0.25) is 5.60 Å². The van der Waals surface area contributed by atoms with Crippen molar-refractivity contribution in [3.63, 3.8) is 0 Å². The second-order valence-electron chi connectivity index (χ2n) is 5.43. The number of methoxy groups -OCH3 is 2. The van der Waals surface area contributed by atoms with Crippen molar-refractivity contribution < 1.29 is 24.1 Å². The van der Waals surface area contributed by atoms with Crippen LogP contribution in [-0.2, 0) is 15.1 Å². The maximum atomic E-state index is 12.3. The number of fused-ring (bicyclic) bond motifs is 1. The van der Waals surface area contributed by atoms with E-state index in [-0.39, 0.29) is 0 Å². The maximum Gasteiger partial charge on any atom is 0.346 e. The maximum absolute atomic E-state index is 12.3. The van der Waals surface area contributed by atoms with Crippen LogP contribution in [0.4, 0.5) is 0 Å². The molecule has 3 rings (SSSR count). The van der Waals surface area contributed by atoms with Gasteiger partial charge in [0, 0.05) is 5.56 Å². The van der Waals surface area contributed by atoms with Crippen LogP contribution in [0.15, 0.2) is 54.6 Å². The predicted octanol–water partition coefficient (Wildman–Crippen LogP) is 2.53. The number of carbonyl (C=O) groups excluding carboxylic acids is 1. The summed E-state index contributed by atoms with van der Waals surface area (Å²) in [6, 6.07) is 13.9. The van der Waals surface area contributed by atoms with Crippen LogP contribution in [0.1, 0.15) is 11.1 Å². The largest absolute Gasteiger partial charge is 0.497 e. The quantitative estimate of drug-likeness (QED) is 0.875. The van der Waals surface area contributed by atoms with E-state index in [4.69, 9.17) is 14.2 Å². The lowest BCUT2D eigenvalue weighted by molar-refractivity contribution is -0.172. The fourth-order valence-electron chi connectivity index (χ4n) is 2.73. The van der Waals surface area contributed by atoms with E-state index in [0.717, 1.165) is 5.56 Å². The van der Waals surface area contributed by atoms with Crippen molar-refractivity contribution in [2.24, 2.45) is 0 Å². The van der Waals surface area contributed by atoms with Gasteiger partial charge in [0.05, 0.1) is 14.2 Å². The fraction of sp³-hybridized carbons (Fsp3) is 0.211. The third kappa shape index (κ3) is 2.63. The van der Waals surface area contributed by atoms with Crippen molar-refractivity contribution in [2.45, 2.75) is 11.7 Å². The Morgan fingerprint density at radius 3 is 2.58 bits per heavy atom. The first-order valence-electron chi connectivity index (χ1n) is 7.49. The van der Waals surface area contributed by atoms with E-state index in [1.165, 1.54) is 7.11 Å². The minimum absolute atomic E-state index is 0.406. The van der Waals surface area contributed by atoms with Gasteiger partial charge in [0.25, 0.3) is 0 Å². The normalized spacial score (nSPS) is 18.0. The minimum atomic E-state index is -1.94. The first-order valence-corrected chi connectivity index (χ1v) is 7.49. The Hall–Kier alpha value is -2.79. The molecule has 5 nitrogen and oxygen atoms in total. The molecule has 0 fully saturated rings. The molecule has 1 aliphatic rings. The molecule has 0 bridgehead atoms. The van der Waals surface area contributed by atoms with Crippen LogP contribution < -0.4 is 9.47 Å². The van der Waals surface area contributed by atoms with E-state index in [0.29, 0.717) is 17.1 Å². The summed E-state index contributed by atoms with van der Waals surface area (Å²) in [6.07, 6.45) is 2.53. The average molecular weight is 326 g/mol. The van der Waals surface area contributed by atoms with Gasteiger partial charge in [-0.3, -0.25) is 0 Å². The lowest BCUT2D eigenvalue weighted by atomic mass is 9.86. The number of aliphatic hydroxyl groups is 1. The molecular formula is C19H18O5. The molecule has 1 heterocycles. The molecule has 2 aromatic rings. The summed E-state index contributed by atoms with van der Waals surface area (Å²) in [7, 11) is 2.82. The zero-order valence-electron chi connectivity index (χ0n) is 13.4. The molecule has 2 unspecified atom stereocenters. The Morgan fingerprint density at radius 1 is 1.17 bits per heavy atom. The van der Waals surface area contributed by atoms with E-state index in [2.05, 4.69) is 0 Å². The van der Waals surface area contributed by atoms with Crippen molar-refractivity contribution >= 4 is 12.0 Å². The summed E-state index contributed by atoms with van der Waals surface area (Å²) < 4.78 is 15.9. The summed E-state index contributed by atoms with van der Waals surface area (Å²) in [5.41, 5.74) is -0.723. The van der Waals surface area contributed by atoms with Gasteiger partial charge >= 0.3 is 5.97 Å². The smallest absolute Gasteiger partial charge is 0.346 e. The van der Waals surface area contributed by atoms with Gasteiger partial charge in [-0.1, -0.05) is 36.4 Å². The molecule has 0 saturated heterocycles. The summed E-state index contributed by atoms with van der Waals surface area (Å²) in [6.45, 7) is 0. The Balaban J connectivity index is 2.01. The van der Waals surface area contributed by atoms with Crippen molar-refractivity contribution in [3.05, 3.63) is 65.7 Å². The van der Waals surface area contributed by atoms with Gasteiger partial charge in [-0.2, -0.15) is 0 Å². The molecule has 0 saturated carbocycles. The van der Waals surface area contributed by atoms with E-state index in [1.54, 1.807) is 61.7 Å². The molecule has 0 radical (unpaired) electrons. The zero-order chi connectivity index (χ0) is 17.2. The van der Waals surface area contributed by atoms with Crippen molar-refractivity contribution in [2.75, 3.05) is 14.2 Å². The van der Waals surface area contributed by atoms with E-state index < -0.39 is 17.7 Å². The fourth-order valence-corrected chi connectivity index (χ4v) is 2.73. The highest BCUT2D eigenvalue weighted by molar-refractivity contribution is 5.83. The molecule has 124 valence electrons. The zero-order valence-corrected chi connectivity index (χ0v) is 13.4. The topological polar surface area (TPSA) is 65.0 Å².